The largest absolute Gasteiger partial charge is 0.349 e. The summed E-state index contributed by atoms with van der Waals surface area (Å²) in [7, 11) is 0. The number of benzene rings is 1. The summed E-state index contributed by atoms with van der Waals surface area (Å²) in [6.45, 7) is 0.287. The zero-order valence-electron chi connectivity index (χ0n) is 15.2. The Morgan fingerprint density at radius 3 is 2.57 bits per heavy atom. The Kier molecular flexibility index (Phi) is 5.66. The molecule has 1 saturated carbocycles. The Morgan fingerprint density at radius 2 is 1.89 bits per heavy atom. The summed E-state index contributed by atoms with van der Waals surface area (Å²) in [5.74, 6) is 1.20. The van der Waals surface area contributed by atoms with Crippen LogP contribution in [0.5, 0.6) is 0 Å². The molecule has 3 aromatic rings. The fourth-order valence-corrected chi connectivity index (χ4v) is 3.89. The van der Waals surface area contributed by atoms with E-state index in [9.17, 15) is 9.18 Å². The molecule has 144 valence electrons. The van der Waals surface area contributed by atoms with Crippen molar-refractivity contribution in [2.75, 3.05) is 0 Å². The number of nitrogens with zero attached hydrogens (tertiary/aromatic N) is 4. The Labute approximate surface area is 166 Å². The van der Waals surface area contributed by atoms with Gasteiger partial charge in [0.05, 0.1) is 6.54 Å². The van der Waals surface area contributed by atoms with Crippen molar-refractivity contribution in [3.63, 3.8) is 0 Å². The normalized spacial score (nSPS) is 13.9. The van der Waals surface area contributed by atoms with Gasteiger partial charge in [-0.05, 0) is 54.8 Å². The Bertz CT molecular complexity index is 941. The topological polar surface area (TPSA) is 72.7 Å². The standard InChI is InChI=1S/C20H20FN5OS/c21-16-4-6-17(7-5-16)26-18(12-23-19(27)15-2-1-3-15)24-25-20(26)28-13-14-8-10-22-11-9-14/h4-11,15H,1-3,12-13H2,(H,23,27). The van der Waals surface area contributed by atoms with E-state index < -0.39 is 0 Å². The third-order valence-corrected chi connectivity index (χ3v) is 5.80. The second-order valence-electron chi connectivity index (χ2n) is 6.70. The molecule has 0 unspecified atom stereocenters. The zero-order chi connectivity index (χ0) is 19.3. The number of hydrogen-bond acceptors (Lipinski definition) is 5. The predicted molar refractivity (Wildman–Crippen MR) is 104 cm³/mol. The molecule has 2 aromatic heterocycles. The summed E-state index contributed by atoms with van der Waals surface area (Å²) in [4.78, 5) is 16.2. The van der Waals surface area contributed by atoms with Crippen LogP contribution in [-0.2, 0) is 17.1 Å². The number of pyridine rings is 1. The molecule has 1 aromatic carbocycles. The van der Waals surface area contributed by atoms with Crippen molar-refractivity contribution in [2.24, 2.45) is 5.92 Å². The highest BCUT2D eigenvalue weighted by Crippen LogP contribution is 2.27. The lowest BCUT2D eigenvalue weighted by atomic mass is 9.85. The van der Waals surface area contributed by atoms with Gasteiger partial charge in [0, 0.05) is 29.8 Å². The molecular weight excluding hydrogens is 377 g/mol. The molecule has 1 amide bonds. The highest BCUT2D eigenvalue weighted by atomic mass is 32.2. The molecule has 0 spiro atoms. The first-order chi connectivity index (χ1) is 13.7. The second kappa shape index (κ2) is 8.52. The monoisotopic (exact) mass is 397 g/mol. The van der Waals surface area contributed by atoms with E-state index in [0.717, 1.165) is 30.5 Å². The number of rotatable bonds is 7. The van der Waals surface area contributed by atoms with E-state index in [4.69, 9.17) is 0 Å². The van der Waals surface area contributed by atoms with E-state index in [2.05, 4.69) is 20.5 Å². The van der Waals surface area contributed by atoms with Crippen molar-refractivity contribution in [3.05, 3.63) is 66.0 Å². The molecule has 1 aliphatic rings. The molecule has 8 heteroatoms. The van der Waals surface area contributed by atoms with Gasteiger partial charge in [0.2, 0.25) is 5.91 Å². The smallest absolute Gasteiger partial charge is 0.223 e. The summed E-state index contributed by atoms with van der Waals surface area (Å²) in [5, 5.41) is 12.2. The average molecular weight is 397 g/mol. The van der Waals surface area contributed by atoms with E-state index in [0.29, 0.717) is 16.7 Å². The summed E-state index contributed by atoms with van der Waals surface area (Å²) < 4.78 is 15.2. The Morgan fingerprint density at radius 1 is 1.14 bits per heavy atom. The first kappa shape index (κ1) is 18.6. The van der Waals surface area contributed by atoms with Gasteiger partial charge < -0.3 is 5.32 Å². The van der Waals surface area contributed by atoms with Gasteiger partial charge in [-0.25, -0.2) is 4.39 Å². The molecule has 0 saturated heterocycles. The lowest BCUT2D eigenvalue weighted by Gasteiger charge is -2.23. The lowest BCUT2D eigenvalue weighted by molar-refractivity contribution is -0.127. The van der Waals surface area contributed by atoms with Crippen molar-refractivity contribution in [3.8, 4) is 5.69 Å². The molecular formula is C20H20FN5OS. The van der Waals surface area contributed by atoms with Gasteiger partial charge in [-0.3, -0.25) is 14.3 Å². The number of thioether (sulfide) groups is 1. The van der Waals surface area contributed by atoms with Crippen LogP contribution in [0.3, 0.4) is 0 Å². The number of amides is 1. The number of aromatic nitrogens is 4. The lowest BCUT2D eigenvalue weighted by Crippen LogP contribution is -2.34. The van der Waals surface area contributed by atoms with Crippen LogP contribution in [0.4, 0.5) is 4.39 Å². The first-order valence-electron chi connectivity index (χ1n) is 9.20. The Hall–Kier alpha value is -2.74. The predicted octanol–water partition coefficient (Wildman–Crippen LogP) is 3.51. The summed E-state index contributed by atoms with van der Waals surface area (Å²) in [6, 6.07) is 10.1. The molecule has 28 heavy (non-hydrogen) atoms. The molecule has 1 fully saturated rings. The van der Waals surface area contributed by atoms with E-state index in [-0.39, 0.29) is 24.2 Å². The first-order valence-corrected chi connectivity index (χ1v) is 10.2. The maximum atomic E-state index is 13.4. The molecule has 4 rings (SSSR count). The van der Waals surface area contributed by atoms with Crippen LogP contribution in [0.15, 0.2) is 53.9 Å². The molecule has 1 aliphatic carbocycles. The molecule has 2 heterocycles. The van der Waals surface area contributed by atoms with Crippen molar-refractivity contribution >= 4 is 17.7 Å². The van der Waals surface area contributed by atoms with Crippen molar-refractivity contribution in [2.45, 2.75) is 36.7 Å². The third kappa shape index (κ3) is 4.22. The highest BCUT2D eigenvalue weighted by molar-refractivity contribution is 7.98. The summed E-state index contributed by atoms with van der Waals surface area (Å²) in [6.07, 6.45) is 6.51. The fraction of sp³-hybridized carbons (Fsp3) is 0.300. The Balaban J connectivity index is 1.55. The summed E-state index contributed by atoms with van der Waals surface area (Å²) >= 11 is 1.53. The molecule has 0 aliphatic heterocycles. The number of hydrogen-bond donors (Lipinski definition) is 1. The van der Waals surface area contributed by atoms with Gasteiger partial charge in [-0.1, -0.05) is 18.2 Å². The minimum absolute atomic E-state index is 0.0610. The zero-order valence-corrected chi connectivity index (χ0v) is 16.0. The second-order valence-corrected chi connectivity index (χ2v) is 7.64. The quantitative estimate of drug-likeness (QED) is 0.618. The van der Waals surface area contributed by atoms with Crippen LogP contribution in [0, 0.1) is 11.7 Å². The number of halogens is 1. The van der Waals surface area contributed by atoms with Gasteiger partial charge in [0.1, 0.15) is 5.82 Å². The van der Waals surface area contributed by atoms with E-state index in [1.165, 1.54) is 23.9 Å². The SMILES string of the molecule is O=C(NCc1nnc(SCc2ccncc2)n1-c1ccc(F)cc1)C1CCC1. The highest BCUT2D eigenvalue weighted by Gasteiger charge is 2.25. The van der Waals surface area contributed by atoms with Gasteiger partial charge in [0.25, 0.3) is 0 Å². The average Bonchev–Trinajstić information content (AvgIpc) is 3.08. The molecule has 0 bridgehead atoms. The summed E-state index contributed by atoms with van der Waals surface area (Å²) in [5.41, 5.74) is 1.88. The van der Waals surface area contributed by atoms with Crippen LogP contribution in [-0.4, -0.2) is 25.7 Å². The van der Waals surface area contributed by atoms with Crippen molar-refractivity contribution in [1.82, 2.24) is 25.1 Å². The van der Waals surface area contributed by atoms with Crippen molar-refractivity contribution < 1.29 is 9.18 Å². The van der Waals surface area contributed by atoms with Gasteiger partial charge in [-0.2, -0.15) is 0 Å². The molecule has 0 radical (unpaired) electrons. The number of nitrogens with one attached hydrogen (secondary N) is 1. The maximum Gasteiger partial charge on any atom is 0.223 e. The molecule has 1 N–H and O–H groups in total. The molecule has 6 nitrogen and oxygen atoms in total. The van der Waals surface area contributed by atoms with E-state index in [1.54, 1.807) is 24.5 Å². The van der Waals surface area contributed by atoms with Crippen LogP contribution < -0.4 is 5.32 Å². The van der Waals surface area contributed by atoms with Gasteiger partial charge in [-0.15, -0.1) is 10.2 Å². The molecule has 0 atom stereocenters. The van der Waals surface area contributed by atoms with Gasteiger partial charge >= 0.3 is 0 Å². The minimum atomic E-state index is -0.303. The van der Waals surface area contributed by atoms with Crippen LogP contribution >= 0.6 is 11.8 Å². The van der Waals surface area contributed by atoms with Crippen LogP contribution in [0.1, 0.15) is 30.7 Å². The third-order valence-electron chi connectivity index (χ3n) is 4.80. The van der Waals surface area contributed by atoms with Crippen LogP contribution in [0.2, 0.25) is 0 Å². The van der Waals surface area contributed by atoms with E-state index in [1.807, 2.05) is 16.7 Å². The maximum absolute atomic E-state index is 13.4. The minimum Gasteiger partial charge on any atom is -0.349 e. The number of carbonyl (C=O) groups excluding carboxylic acids is 1. The van der Waals surface area contributed by atoms with Crippen molar-refractivity contribution in [1.29, 1.82) is 0 Å². The van der Waals surface area contributed by atoms with E-state index >= 15 is 0 Å². The fourth-order valence-electron chi connectivity index (χ4n) is 2.97. The number of carbonyl (C=O) groups is 1. The van der Waals surface area contributed by atoms with Crippen LogP contribution in [0.25, 0.3) is 5.69 Å². The van der Waals surface area contributed by atoms with Gasteiger partial charge in [0.15, 0.2) is 11.0 Å².